The highest BCUT2D eigenvalue weighted by molar-refractivity contribution is 5.76. The molecule has 1 aliphatic carbocycles. The van der Waals surface area contributed by atoms with Gasteiger partial charge in [0.2, 0.25) is 0 Å². The quantitative estimate of drug-likeness (QED) is 0.695. The Bertz CT molecular complexity index is 656. The molecule has 6 nitrogen and oxygen atoms in total. The number of carbonyl (C=O) groups excluding carboxylic acids is 1. The van der Waals surface area contributed by atoms with Crippen LogP contribution >= 0.6 is 0 Å². The Kier molecular flexibility index (Phi) is 5.04. The molecule has 0 saturated heterocycles. The number of aromatic nitrogens is 2. The van der Waals surface area contributed by atoms with E-state index in [9.17, 15) is 9.90 Å². The summed E-state index contributed by atoms with van der Waals surface area (Å²) in [7, 11) is 0. The first-order chi connectivity index (χ1) is 11.5. The number of nitrogens with zero attached hydrogens (tertiary/aromatic N) is 1. The zero-order valence-electron chi connectivity index (χ0n) is 14.2. The highest BCUT2D eigenvalue weighted by atomic mass is 16.3. The molecular formula is C18H26N4O2. The minimum absolute atomic E-state index is 0.136. The first-order valence-corrected chi connectivity index (χ1v) is 8.72. The average Bonchev–Trinajstić information content (AvgIpc) is 2.98. The van der Waals surface area contributed by atoms with Crippen LogP contribution < -0.4 is 10.6 Å². The van der Waals surface area contributed by atoms with Crippen molar-refractivity contribution in [2.75, 3.05) is 0 Å². The molecule has 3 rings (SSSR count). The number of fused-ring (bicyclic) bond motifs is 1. The molecule has 0 aliphatic heterocycles. The molecule has 2 amide bonds. The van der Waals surface area contributed by atoms with Gasteiger partial charge in [0.25, 0.3) is 0 Å². The monoisotopic (exact) mass is 330 g/mol. The Morgan fingerprint density at radius 3 is 2.62 bits per heavy atom. The van der Waals surface area contributed by atoms with Crippen LogP contribution in [-0.2, 0) is 0 Å². The van der Waals surface area contributed by atoms with Crippen LogP contribution in [0.2, 0.25) is 0 Å². The lowest BCUT2D eigenvalue weighted by atomic mass is 9.93. The Hall–Kier alpha value is -2.08. The van der Waals surface area contributed by atoms with Crippen LogP contribution in [0.1, 0.15) is 51.4 Å². The first kappa shape index (κ1) is 16.8. The van der Waals surface area contributed by atoms with Gasteiger partial charge in [0.05, 0.1) is 23.2 Å². The molecule has 1 fully saturated rings. The van der Waals surface area contributed by atoms with Crippen LogP contribution in [-0.4, -0.2) is 33.3 Å². The lowest BCUT2D eigenvalue weighted by molar-refractivity contribution is 0.117. The molecule has 1 aromatic heterocycles. The lowest BCUT2D eigenvalue weighted by Crippen LogP contribution is -2.46. The number of H-pyrrole nitrogens is 1. The van der Waals surface area contributed by atoms with Gasteiger partial charge in [-0.15, -0.1) is 0 Å². The maximum atomic E-state index is 12.4. The van der Waals surface area contributed by atoms with Crippen LogP contribution in [0.4, 0.5) is 4.79 Å². The van der Waals surface area contributed by atoms with E-state index in [1.807, 2.05) is 24.3 Å². The van der Waals surface area contributed by atoms with Gasteiger partial charge in [0.1, 0.15) is 5.82 Å². The van der Waals surface area contributed by atoms with E-state index < -0.39 is 0 Å². The number of urea groups is 1. The van der Waals surface area contributed by atoms with Crippen molar-refractivity contribution in [3.63, 3.8) is 0 Å². The predicted octanol–water partition coefficient (Wildman–Crippen LogP) is 2.86. The maximum absolute atomic E-state index is 12.4. The lowest BCUT2D eigenvalue weighted by Gasteiger charge is -2.28. The van der Waals surface area contributed by atoms with Gasteiger partial charge in [-0.2, -0.15) is 0 Å². The van der Waals surface area contributed by atoms with Crippen molar-refractivity contribution in [1.82, 2.24) is 20.6 Å². The number of nitrogens with one attached hydrogen (secondary N) is 3. The fourth-order valence-corrected chi connectivity index (χ4v) is 3.26. The molecule has 1 heterocycles. The van der Waals surface area contributed by atoms with Gasteiger partial charge in [0.15, 0.2) is 0 Å². The topological polar surface area (TPSA) is 90.0 Å². The molecule has 1 atom stereocenters. The first-order valence-electron chi connectivity index (χ1n) is 8.72. The van der Waals surface area contributed by atoms with Gasteiger partial charge in [0, 0.05) is 6.04 Å². The molecule has 1 unspecified atom stereocenters. The summed E-state index contributed by atoms with van der Waals surface area (Å²) in [6, 6.07) is 7.65. The number of rotatable bonds is 4. The zero-order chi connectivity index (χ0) is 17.1. The molecule has 0 bridgehead atoms. The molecule has 6 heteroatoms. The van der Waals surface area contributed by atoms with E-state index in [1.165, 1.54) is 0 Å². The maximum Gasteiger partial charge on any atom is 0.315 e. The van der Waals surface area contributed by atoms with Crippen molar-refractivity contribution in [2.24, 2.45) is 5.92 Å². The van der Waals surface area contributed by atoms with Crippen LogP contribution in [0, 0.1) is 5.92 Å². The van der Waals surface area contributed by atoms with Gasteiger partial charge >= 0.3 is 6.03 Å². The Morgan fingerprint density at radius 2 is 1.96 bits per heavy atom. The second-order valence-corrected chi connectivity index (χ2v) is 6.98. The number of aliphatic hydroxyl groups is 1. The van der Waals surface area contributed by atoms with E-state index in [1.54, 1.807) is 0 Å². The molecule has 130 valence electrons. The minimum Gasteiger partial charge on any atom is -0.393 e. The minimum atomic E-state index is -0.218. The number of carbonyl (C=O) groups is 1. The molecule has 24 heavy (non-hydrogen) atoms. The smallest absolute Gasteiger partial charge is 0.315 e. The average molecular weight is 330 g/mol. The van der Waals surface area contributed by atoms with E-state index in [-0.39, 0.29) is 30.1 Å². The van der Waals surface area contributed by atoms with Gasteiger partial charge < -0.3 is 20.7 Å². The predicted molar refractivity (Wildman–Crippen MR) is 93.6 cm³/mol. The summed E-state index contributed by atoms with van der Waals surface area (Å²) >= 11 is 0. The van der Waals surface area contributed by atoms with Crippen molar-refractivity contribution in [2.45, 2.75) is 57.7 Å². The normalized spacial score (nSPS) is 22.5. The number of amides is 2. The summed E-state index contributed by atoms with van der Waals surface area (Å²) in [5.41, 5.74) is 1.88. The number of para-hydroxylation sites is 2. The molecule has 2 aromatic rings. The molecule has 0 spiro atoms. The molecule has 1 aliphatic rings. The number of hydrogen-bond donors (Lipinski definition) is 4. The second kappa shape index (κ2) is 7.21. The summed E-state index contributed by atoms with van der Waals surface area (Å²) in [6.45, 7) is 4.13. The number of aliphatic hydroxyl groups excluding tert-OH is 1. The SMILES string of the molecule is CC(C)C(NC(=O)NC1CCC(O)CC1)c1nc2ccccc2[nH]1. The van der Waals surface area contributed by atoms with Crippen LogP contribution in [0.3, 0.4) is 0 Å². The summed E-state index contributed by atoms with van der Waals surface area (Å²) in [5.74, 6) is 0.991. The molecule has 1 saturated carbocycles. The van der Waals surface area contributed by atoms with Crippen LogP contribution in [0.15, 0.2) is 24.3 Å². The zero-order valence-corrected chi connectivity index (χ0v) is 14.2. The highest BCUT2D eigenvalue weighted by Gasteiger charge is 2.25. The fraction of sp³-hybridized carbons (Fsp3) is 0.556. The van der Waals surface area contributed by atoms with Gasteiger partial charge in [-0.1, -0.05) is 26.0 Å². The van der Waals surface area contributed by atoms with E-state index in [2.05, 4.69) is 34.4 Å². The fourth-order valence-electron chi connectivity index (χ4n) is 3.26. The third kappa shape index (κ3) is 3.87. The number of hydrogen-bond acceptors (Lipinski definition) is 3. The highest BCUT2D eigenvalue weighted by Crippen LogP contribution is 2.22. The summed E-state index contributed by atoms with van der Waals surface area (Å²) in [5, 5.41) is 15.6. The van der Waals surface area contributed by atoms with Crippen molar-refractivity contribution in [3.8, 4) is 0 Å². The van der Waals surface area contributed by atoms with Gasteiger partial charge in [-0.25, -0.2) is 9.78 Å². The standard InChI is InChI=1S/C18H26N4O2/c1-11(2)16(17-20-14-5-3-4-6-15(14)21-17)22-18(24)19-12-7-9-13(23)10-8-12/h3-6,11-13,16,23H,7-10H2,1-2H3,(H,20,21)(H2,19,22,24). The third-order valence-corrected chi connectivity index (χ3v) is 4.69. The van der Waals surface area contributed by atoms with Gasteiger partial charge in [-0.3, -0.25) is 0 Å². The van der Waals surface area contributed by atoms with Gasteiger partial charge in [-0.05, 0) is 43.7 Å². The molecule has 4 N–H and O–H groups in total. The second-order valence-electron chi connectivity index (χ2n) is 6.98. The number of aromatic amines is 1. The van der Waals surface area contributed by atoms with E-state index in [4.69, 9.17) is 0 Å². The van der Waals surface area contributed by atoms with Crippen molar-refractivity contribution < 1.29 is 9.90 Å². The summed E-state index contributed by atoms with van der Waals surface area (Å²) < 4.78 is 0. The molecule has 0 radical (unpaired) electrons. The largest absolute Gasteiger partial charge is 0.393 e. The van der Waals surface area contributed by atoms with Crippen LogP contribution in [0.25, 0.3) is 11.0 Å². The van der Waals surface area contributed by atoms with Crippen molar-refractivity contribution >= 4 is 17.1 Å². The summed E-state index contributed by atoms with van der Waals surface area (Å²) in [6.07, 6.45) is 2.94. The number of imidazole rings is 1. The van der Waals surface area contributed by atoms with E-state index >= 15 is 0 Å². The van der Waals surface area contributed by atoms with Crippen molar-refractivity contribution in [1.29, 1.82) is 0 Å². The Balaban J connectivity index is 1.66. The summed E-state index contributed by atoms with van der Waals surface area (Å²) in [4.78, 5) is 20.3. The molecular weight excluding hydrogens is 304 g/mol. The van der Waals surface area contributed by atoms with E-state index in [0.29, 0.717) is 0 Å². The molecule has 1 aromatic carbocycles. The Labute approximate surface area is 142 Å². The third-order valence-electron chi connectivity index (χ3n) is 4.69. The number of benzene rings is 1. The van der Waals surface area contributed by atoms with Crippen molar-refractivity contribution in [3.05, 3.63) is 30.1 Å². The van der Waals surface area contributed by atoms with Crippen LogP contribution in [0.5, 0.6) is 0 Å². The Morgan fingerprint density at radius 1 is 1.25 bits per heavy atom. The van der Waals surface area contributed by atoms with E-state index in [0.717, 1.165) is 42.5 Å².